The van der Waals surface area contributed by atoms with Crippen LogP contribution in [0.4, 0.5) is 5.69 Å². The summed E-state index contributed by atoms with van der Waals surface area (Å²) in [6, 6.07) is 3.95. The number of aryl methyl sites for hydroxylation is 2. The van der Waals surface area contributed by atoms with Crippen LogP contribution in [0.1, 0.15) is 18.5 Å². The van der Waals surface area contributed by atoms with E-state index in [-0.39, 0.29) is 5.56 Å². The van der Waals surface area contributed by atoms with Gasteiger partial charge in [0.1, 0.15) is 11.3 Å². The van der Waals surface area contributed by atoms with Crippen LogP contribution < -0.4 is 21.3 Å². The molecule has 0 aliphatic carbocycles. The van der Waals surface area contributed by atoms with E-state index in [0.717, 1.165) is 48.2 Å². The Hall–Kier alpha value is -2.58. The first-order valence-corrected chi connectivity index (χ1v) is 9.65. The van der Waals surface area contributed by atoms with Crippen molar-refractivity contribution in [1.82, 2.24) is 19.7 Å². The number of aromatic amines is 1. The maximum atomic E-state index is 13.1. The fourth-order valence-corrected chi connectivity index (χ4v) is 3.51. The summed E-state index contributed by atoms with van der Waals surface area (Å²) in [5.74, 6) is 0.713. The van der Waals surface area contributed by atoms with Crippen molar-refractivity contribution in [3.05, 3.63) is 28.2 Å². The van der Waals surface area contributed by atoms with Gasteiger partial charge in [0, 0.05) is 30.2 Å². The van der Waals surface area contributed by atoms with E-state index in [4.69, 9.17) is 10.5 Å². The molecule has 0 bridgehead atoms. The molecule has 1 aromatic carbocycles. The normalized spacial score (nSPS) is 11.6. The summed E-state index contributed by atoms with van der Waals surface area (Å²) in [4.78, 5) is 15.2. The summed E-state index contributed by atoms with van der Waals surface area (Å²) in [6.07, 6.45) is 1.74. The first-order chi connectivity index (χ1) is 13.5. The van der Waals surface area contributed by atoms with Gasteiger partial charge in [-0.1, -0.05) is 0 Å². The number of pyridine rings is 1. The van der Waals surface area contributed by atoms with E-state index in [9.17, 15) is 4.79 Å². The van der Waals surface area contributed by atoms with Gasteiger partial charge in [0.05, 0.1) is 23.7 Å². The van der Waals surface area contributed by atoms with Crippen LogP contribution in [-0.2, 0) is 6.54 Å². The highest BCUT2D eigenvalue weighted by molar-refractivity contribution is 6.06. The molecule has 2 heterocycles. The van der Waals surface area contributed by atoms with Crippen LogP contribution in [-0.4, -0.2) is 60.5 Å². The van der Waals surface area contributed by atoms with Crippen molar-refractivity contribution >= 4 is 27.5 Å². The number of nitrogens with one attached hydrogen (secondary N) is 2. The lowest BCUT2D eigenvalue weighted by Gasteiger charge is -2.17. The minimum absolute atomic E-state index is 0.0454. The minimum Gasteiger partial charge on any atom is -0.495 e. The molecule has 0 radical (unpaired) electrons. The van der Waals surface area contributed by atoms with Gasteiger partial charge in [-0.2, -0.15) is 5.10 Å². The predicted molar refractivity (Wildman–Crippen MR) is 114 cm³/mol. The SMILES string of the molecule is COc1cc2c(cc1NCCCN(C)C)c1n[nH]c(C)c1c(=O)n2CCCN. The van der Waals surface area contributed by atoms with E-state index < -0.39 is 0 Å². The predicted octanol–water partition coefficient (Wildman–Crippen LogP) is 1.91. The van der Waals surface area contributed by atoms with Crippen LogP contribution in [0.5, 0.6) is 5.75 Å². The van der Waals surface area contributed by atoms with Crippen LogP contribution >= 0.6 is 0 Å². The summed E-state index contributed by atoms with van der Waals surface area (Å²) >= 11 is 0. The number of ether oxygens (including phenoxy) is 1. The van der Waals surface area contributed by atoms with Crippen molar-refractivity contribution in [3.8, 4) is 5.75 Å². The molecule has 0 saturated heterocycles. The highest BCUT2D eigenvalue weighted by Crippen LogP contribution is 2.33. The maximum absolute atomic E-state index is 13.1. The second kappa shape index (κ2) is 8.62. The Balaban J connectivity index is 2.14. The topological polar surface area (TPSA) is 101 Å². The Bertz CT molecular complexity index is 1020. The maximum Gasteiger partial charge on any atom is 0.262 e. The number of hydrogen-bond donors (Lipinski definition) is 3. The lowest BCUT2D eigenvalue weighted by Crippen LogP contribution is -2.22. The molecule has 0 unspecified atom stereocenters. The number of rotatable bonds is 9. The van der Waals surface area contributed by atoms with Crippen LogP contribution in [0.25, 0.3) is 21.8 Å². The lowest BCUT2D eigenvalue weighted by atomic mass is 10.1. The molecule has 0 amide bonds. The second-order valence-electron chi connectivity index (χ2n) is 7.32. The Morgan fingerprint density at radius 3 is 2.79 bits per heavy atom. The molecule has 8 nitrogen and oxygen atoms in total. The molecular formula is C20H30N6O2. The molecule has 3 rings (SSSR count). The van der Waals surface area contributed by atoms with Gasteiger partial charge < -0.3 is 25.3 Å². The second-order valence-corrected chi connectivity index (χ2v) is 7.32. The van der Waals surface area contributed by atoms with E-state index in [1.54, 1.807) is 11.7 Å². The standard InChI is InChI=1S/C20H30N6O2/c1-13-18-19(24-23-13)14-11-15(22-8-6-9-25(2)3)17(28-4)12-16(14)26(20(18)27)10-5-7-21/h11-12,22H,5-10,21H2,1-4H3,(H,23,24). The zero-order valence-electron chi connectivity index (χ0n) is 17.1. The summed E-state index contributed by atoms with van der Waals surface area (Å²) in [5, 5.41) is 12.4. The van der Waals surface area contributed by atoms with Gasteiger partial charge >= 0.3 is 0 Å². The number of benzene rings is 1. The van der Waals surface area contributed by atoms with Crippen molar-refractivity contribution in [2.45, 2.75) is 26.3 Å². The monoisotopic (exact) mass is 386 g/mol. The number of methoxy groups -OCH3 is 1. The van der Waals surface area contributed by atoms with E-state index in [2.05, 4.69) is 34.5 Å². The smallest absolute Gasteiger partial charge is 0.262 e. The van der Waals surface area contributed by atoms with Gasteiger partial charge in [0.2, 0.25) is 0 Å². The number of fused-ring (bicyclic) bond motifs is 3. The average Bonchev–Trinajstić information content (AvgIpc) is 3.06. The molecule has 0 atom stereocenters. The van der Waals surface area contributed by atoms with Crippen molar-refractivity contribution in [2.75, 3.05) is 46.2 Å². The molecule has 2 aromatic heterocycles. The molecule has 0 aliphatic rings. The third kappa shape index (κ3) is 3.83. The molecule has 0 aliphatic heterocycles. The van der Waals surface area contributed by atoms with E-state index in [0.29, 0.717) is 29.7 Å². The van der Waals surface area contributed by atoms with Gasteiger partial charge in [-0.05, 0) is 53.0 Å². The zero-order valence-corrected chi connectivity index (χ0v) is 17.1. The first-order valence-electron chi connectivity index (χ1n) is 9.65. The molecular weight excluding hydrogens is 356 g/mol. The van der Waals surface area contributed by atoms with Crippen molar-refractivity contribution in [1.29, 1.82) is 0 Å². The number of hydrogen-bond acceptors (Lipinski definition) is 6. The van der Waals surface area contributed by atoms with Gasteiger partial charge in [0.15, 0.2) is 0 Å². The quantitative estimate of drug-likeness (QED) is 0.486. The molecule has 4 N–H and O–H groups in total. The Morgan fingerprint density at radius 1 is 1.32 bits per heavy atom. The van der Waals surface area contributed by atoms with Crippen LogP contribution in [0.2, 0.25) is 0 Å². The number of nitrogens with zero attached hydrogens (tertiary/aromatic N) is 3. The van der Waals surface area contributed by atoms with Crippen LogP contribution in [0.3, 0.4) is 0 Å². The van der Waals surface area contributed by atoms with E-state index >= 15 is 0 Å². The van der Waals surface area contributed by atoms with Crippen molar-refractivity contribution in [2.24, 2.45) is 5.73 Å². The summed E-state index contributed by atoms with van der Waals surface area (Å²) < 4.78 is 7.39. The third-order valence-corrected chi connectivity index (χ3v) is 4.95. The number of H-pyrrole nitrogens is 1. The van der Waals surface area contributed by atoms with Crippen LogP contribution in [0.15, 0.2) is 16.9 Å². The largest absolute Gasteiger partial charge is 0.495 e. The summed E-state index contributed by atoms with van der Waals surface area (Å²) in [5.41, 5.74) is 8.83. The molecule has 28 heavy (non-hydrogen) atoms. The Kier molecular flexibility index (Phi) is 6.21. The summed E-state index contributed by atoms with van der Waals surface area (Å²) in [7, 11) is 5.77. The molecule has 8 heteroatoms. The fourth-order valence-electron chi connectivity index (χ4n) is 3.51. The lowest BCUT2D eigenvalue weighted by molar-refractivity contribution is 0.404. The number of nitrogens with two attached hydrogens (primary N) is 1. The number of anilines is 1. The fraction of sp³-hybridized carbons (Fsp3) is 0.500. The van der Waals surface area contributed by atoms with Crippen molar-refractivity contribution < 1.29 is 4.74 Å². The highest BCUT2D eigenvalue weighted by Gasteiger charge is 2.17. The van der Waals surface area contributed by atoms with E-state index in [1.165, 1.54) is 0 Å². The Morgan fingerprint density at radius 2 is 2.11 bits per heavy atom. The molecule has 0 fully saturated rings. The average molecular weight is 387 g/mol. The van der Waals surface area contributed by atoms with Crippen molar-refractivity contribution in [3.63, 3.8) is 0 Å². The van der Waals surface area contributed by atoms with Gasteiger partial charge in [-0.3, -0.25) is 9.89 Å². The zero-order chi connectivity index (χ0) is 20.3. The van der Waals surface area contributed by atoms with Gasteiger partial charge in [-0.25, -0.2) is 0 Å². The summed E-state index contributed by atoms with van der Waals surface area (Å²) in [6.45, 7) is 4.80. The van der Waals surface area contributed by atoms with E-state index in [1.807, 2.05) is 19.1 Å². The first kappa shape index (κ1) is 20.2. The third-order valence-electron chi connectivity index (χ3n) is 4.95. The van der Waals surface area contributed by atoms with Gasteiger partial charge in [0.25, 0.3) is 5.56 Å². The number of aromatic nitrogens is 3. The molecule has 0 saturated carbocycles. The highest BCUT2D eigenvalue weighted by atomic mass is 16.5. The Labute approximate surface area is 164 Å². The van der Waals surface area contributed by atoms with Gasteiger partial charge in [-0.15, -0.1) is 0 Å². The van der Waals surface area contributed by atoms with Crippen LogP contribution in [0, 0.1) is 6.92 Å². The minimum atomic E-state index is -0.0454. The molecule has 3 aromatic rings. The molecule has 152 valence electrons. The molecule has 0 spiro atoms.